The summed E-state index contributed by atoms with van der Waals surface area (Å²) in [5.74, 6) is -0.682. The van der Waals surface area contributed by atoms with Gasteiger partial charge in [-0.3, -0.25) is 9.59 Å². The van der Waals surface area contributed by atoms with Gasteiger partial charge < -0.3 is 14.4 Å². The Kier molecular flexibility index (Phi) is 8.60. The van der Waals surface area contributed by atoms with Crippen LogP contribution in [0, 0.1) is 0 Å². The maximum Gasteiger partial charge on any atom is 0.306 e. The Morgan fingerprint density at radius 3 is 2.45 bits per heavy atom. The molecule has 29 heavy (non-hydrogen) atoms. The van der Waals surface area contributed by atoms with E-state index in [1.807, 2.05) is 6.92 Å². The summed E-state index contributed by atoms with van der Waals surface area (Å²) in [7, 11) is -3.49. The molecule has 8 nitrogen and oxygen atoms in total. The molecule has 0 aliphatic carbocycles. The predicted molar refractivity (Wildman–Crippen MR) is 108 cm³/mol. The minimum Gasteiger partial charge on any atom is -0.456 e. The number of carbonyl (C=O) groups is 2. The first-order chi connectivity index (χ1) is 13.8. The number of hydrogen-bond acceptors (Lipinski definition) is 6. The van der Waals surface area contributed by atoms with E-state index in [-0.39, 0.29) is 29.9 Å². The highest BCUT2D eigenvalue weighted by Crippen LogP contribution is 2.17. The van der Waals surface area contributed by atoms with Gasteiger partial charge in [0.25, 0.3) is 5.91 Å². The normalized spacial score (nSPS) is 17.4. The summed E-state index contributed by atoms with van der Waals surface area (Å²) in [5.41, 5.74) is 0.828. The molecule has 162 valence electrons. The summed E-state index contributed by atoms with van der Waals surface area (Å²) < 4.78 is 36.8. The minimum atomic E-state index is -3.49. The van der Waals surface area contributed by atoms with E-state index in [0.717, 1.165) is 5.56 Å². The monoisotopic (exact) mass is 426 g/mol. The largest absolute Gasteiger partial charge is 0.456 e. The number of morpholine rings is 1. The number of ether oxygens (including phenoxy) is 2. The van der Waals surface area contributed by atoms with Gasteiger partial charge in [0.05, 0.1) is 17.6 Å². The highest BCUT2D eigenvalue weighted by Gasteiger charge is 2.23. The first-order valence-electron chi connectivity index (χ1n) is 9.92. The number of benzene rings is 1. The van der Waals surface area contributed by atoms with Crippen LogP contribution < -0.4 is 0 Å². The van der Waals surface area contributed by atoms with Crippen LogP contribution in [0.5, 0.6) is 0 Å². The van der Waals surface area contributed by atoms with Crippen molar-refractivity contribution in [2.45, 2.75) is 44.6 Å². The lowest BCUT2D eigenvalue weighted by Crippen LogP contribution is -2.46. The number of hydrogen-bond donors (Lipinski definition) is 0. The van der Waals surface area contributed by atoms with Crippen molar-refractivity contribution in [3.8, 4) is 0 Å². The van der Waals surface area contributed by atoms with E-state index in [9.17, 15) is 18.0 Å². The van der Waals surface area contributed by atoms with Gasteiger partial charge in [0.2, 0.25) is 10.0 Å². The molecule has 1 saturated heterocycles. The highest BCUT2D eigenvalue weighted by molar-refractivity contribution is 7.89. The summed E-state index contributed by atoms with van der Waals surface area (Å²) >= 11 is 0. The quantitative estimate of drug-likeness (QED) is 0.555. The lowest BCUT2D eigenvalue weighted by molar-refractivity contribution is -0.154. The first kappa shape index (κ1) is 23.3. The molecule has 0 spiro atoms. The van der Waals surface area contributed by atoms with Crippen LogP contribution in [0.15, 0.2) is 29.2 Å². The molecule has 1 amide bonds. The van der Waals surface area contributed by atoms with Gasteiger partial charge in [-0.05, 0) is 31.0 Å². The fourth-order valence-corrected chi connectivity index (χ4v) is 4.60. The first-order valence-corrected chi connectivity index (χ1v) is 11.4. The third kappa shape index (κ3) is 6.52. The smallest absolute Gasteiger partial charge is 0.306 e. The van der Waals surface area contributed by atoms with Crippen molar-refractivity contribution < 1.29 is 27.5 Å². The van der Waals surface area contributed by atoms with Gasteiger partial charge in [-0.1, -0.05) is 26.0 Å². The number of esters is 1. The molecule has 2 rings (SSSR count). The topological polar surface area (TPSA) is 93.2 Å². The summed E-state index contributed by atoms with van der Waals surface area (Å²) in [5, 5.41) is 0. The number of aryl methyl sites for hydroxylation is 1. The minimum absolute atomic E-state index is 0.0167. The molecule has 1 aliphatic rings. The number of rotatable bonds is 9. The van der Waals surface area contributed by atoms with Crippen LogP contribution in [0.2, 0.25) is 0 Å². The number of nitrogens with zero attached hydrogens (tertiary/aromatic N) is 2. The third-order valence-corrected chi connectivity index (χ3v) is 6.90. The molecule has 1 unspecified atom stereocenters. The number of carbonyl (C=O) groups excluding carboxylic acids is 2. The second-order valence-electron chi connectivity index (χ2n) is 6.92. The zero-order valence-electron chi connectivity index (χ0n) is 17.3. The van der Waals surface area contributed by atoms with E-state index in [0.29, 0.717) is 39.2 Å². The fourth-order valence-electron chi connectivity index (χ4n) is 3.14. The second-order valence-corrected chi connectivity index (χ2v) is 8.85. The number of amides is 1. The maximum atomic E-state index is 12.5. The van der Waals surface area contributed by atoms with E-state index in [2.05, 4.69) is 0 Å². The van der Waals surface area contributed by atoms with Crippen LogP contribution in [0.25, 0.3) is 0 Å². The van der Waals surface area contributed by atoms with E-state index < -0.39 is 16.0 Å². The Bertz CT molecular complexity index is 790. The molecule has 0 N–H and O–H groups in total. The van der Waals surface area contributed by atoms with Crippen molar-refractivity contribution in [3.05, 3.63) is 29.8 Å². The van der Waals surface area contributed by atoms with Crippen LogP contribution in [0.3, 0.4) is 0 Å². The van der Waals surface area contributed by atoms with Gasteiger partial charge in [0.1, 0.15) is 0 Å². The standard InChI is InChI=1S/C20H30N2O6S/c1-4-22(5-2)29(25,26)18-9-6-17(7-10-18)8-11-20(24)28-15-19(23)21-12-13-27-16(3)14-21/h6-7,9-10,16H,4-5,8,11-15H2,1-3H3. The van der Waals surface area contributed by atoms with Gasteiger partial charge in [0.15, 0.2) is 6.61 Å². The SMILES string of the molecule is CCN(CC)S(=O)(=O)c1ccc(CCC(=O)OCC(=O)N2CCOC(C)C2)cc1. The number of sulfonamides is 1. The molecule has 1 aliphatic heterocycles. The van der Waals surface area contributed by atoms with Gasteiger partial charge in [-0.25, -0.2) is 8.42 Å². The van der Waals surface area contributed by atoms with Crippen LogP contribution in [-0.2, 0) is 35.5 Å². The summed E-state index contributed by atoms with van der Waals surface area (Å²) in [6.07, 6.45) is 0.513. The lowest BCUT2D eigenvalue weighted by atomic mass is 10.1. The van der Waals surface area contributed by atoms with E-state index in [1.54, 1.807) is 43.0 Å². The molecule has 1 heterocycles. The highest BCUT2D eigenvalue weighted by atomic mass is 32.2. The van der Waals surface area contributed by atoms with Gasteiger partial charge in [-0.2, -0.15) is 4.31 Å². The maximum absolute atomic E-state index is 12.5. The van der Waals surface area contributed by atoms with Crippen LogP contribution in [-0.4, -0.2) is 75.0 Å². The second kappa shape index (κ2) is 10.7. The lowest BCUT2D eigenvalue weighted by Gasteiger charge is -2.30. The molecule has 0 radical (unpaired) electrons. The van der Waals surface area contributed by atoms with Crippen molar-refractivity contribution in [1.29, 1.82) is 0 Å². The molecule has 1 atom stereocenters. The van der Waals surface area contributed by atoms with Crippen LogP contribution >= 0.6 is 0 Å². The van der Waals surface area contributed by atoms with Crippen molar-refractivity contribution >= 4 is 21.9 Å². The zero-order valence-corrected chi connectivity index (χ0v) is 18.1. The van der Waals surface area contributed by atoms with E-state index >= 15 is 0 Å². The Morgan fingerprint density at radius 2 is 1.86 bits per heavy atom. The van der Waals surface area contributed by atoms with Gasteiger partial charge >= 0.3 is 5.97 Å². The van der Waals surface area contributed by atoms with Crippen LogP contribution in [0.1, 0.15) is 32.8 Å². The average molecular weight is 427 g/mol. The molecule has 0 saturated carbocycles. The fraction of sp³-hybridized carbons (Fsp3) is 0.600. The molecule has 1 aromatic carbocycles. The van der Waals surface area contributed by atoms with Gasteiger partial charge in [-0.15, -0.1) is 0 Å². The van der Waals surface area contributed by atoms with Gasteiger partial charge in [0, 0.05) is 32.6 Å². The molecule has 0 aromatic heterocycles. The predicted octanol–water partition coefficient (Wildman–Crippen LogP) is 1.44. The average Bonchev–Trinajstić information content (AvgIpc) is 2.71. The Balaban J connectivity index is 1.81. The zero-order chi connectivity index (χ0) is 21.4. The van der Waals surface area contributed by atoms with E-state index in [1.165, 1.54) is 4.31 Å². The Labute approximate surface area is 172 Å². The van der Waals surface area contributed by atoms with Crippen LogP contribution in [0.4, 0.5) is 0 Å². The van der Waals surface area contributed by atoms with Crippen molar-refractivity contribution in [3.63, 3.8) is 0 Å². The molecular weight excluding hydrogens is 396 g/mol. The summed E-state index contributed by atoms with van der Waals surface area (Å²) in [4.78, 5) is 25.9. The summed E-state index contributed by atoms with van der Waals surface area (Å²) in [6.45, 7) is 7.53. The molecule has 0 bridgehead atoms. The molecular formula is C20H30N2O6S. The molecule has 1 fully saturated rings. The Morgan fingerprint density at radius 1 is 1.21 bits per heavy atom. The summed E-state index contributed by atoms with van der Waals surface area (Å²) in [6, 6.07) is 6.50. The van der Waals surface area contributed by atoms with Crippen molar-refractivity contribution in [1.82, 2.24) is 9.21 Å². The molecule has 1 aromatic rings. The Hall–Kier alpha value is -1.97. The van der Waals surface area contributed by atoms with Crippen molar-refractivity contribution in [2.24, 2.45) is 0 Å². The molecule has 9 heteroatoms. The van der Waals surface area contributed by atoms with E-state index in [4.69, 9.17) is 9.47 Å². The third-order valence-electron chi connectivity index (χ3n) is 4.83. The van der Waals surface area contributed by atoms with Crippen molar-refractivity contribution in [2.75, 3.05) is 39.4 Å².